The van der Waals surface area contributed by atoms with Crippen molar-refractivity contribution in [2.24, 2.45) is 11.7 Å². The molecule has 1 fully saturated rings. The van der Waals surface area contributed by atoms with Gasteiger partial charge in [0.1, 0.15) is 12.1 Å². The maximum Gasteiger partial charge on any atom is 0.150 e. The van der Waals surface area contributed by atoms with Gasteiger partial charge in [-0.1, -0.05) is 0 Å². The molecule has 3 heterocycles. The number of nitrogens with two attached hydrogens (primary N) is 1. The zero-order valence-corrected chi connectivity index (χ0v) is 12.3. The summed E-state index contributed by atoms with van der Waals surface area (Å²) in [6.45, 7) is 6.17. The van der Waals surface area contributed by atoms with Crippen molar-refractivity contribution in [3.8, 4) is 0 Å². The first kappa shape index (κ1) is 12.8. The number of hydrogen-bond donors (Lipinski definition) is 1. The molecule has 0 saturated carbocycles. The molecule has 1 aliphatic heterocycles. The number of hydrogen-bond acceptors (Lipinski definition) is 5. The molecule has 0 aromatic carbocycles. The summed E-state index contributed by atoms with van der Waals surface area (Å²) in [7, 11) is 0. The van der Waals surface area contributed by atoms with E-state index in [2.05, 4.69) is 34.1 Å². The minimum atomic E-state index is 0.531. The maximum atomic E-state index is 5.85. The number of nitrogens with zero attached hydrogens (tertiary/aromatic N) is 3. The maximum absolute atomic E-state index is 5.85. The van der Waals surface area contributed by atoms with E-state index in [4.69, 9.17) is 5.73 Å². The van der Waals surface area contributed by atoms with Gasteiger partial charge >= 0.3 is 0 Å². The number of aryl methyl sites for hydroxylation is 1. The van der Waals surface area contributed by atoms with E-state index in [1.165, 1.54) is 23.1 Å². The second kappa shape index (κ2) is 5.06. The molecule has 2 atom stereocenters. The molecule has 0 amide bonds. The summed E-state index contributed by atoms with van der Waals surface area (Å²) in [6, 6.07) is 0.531. The van der Waals surface area contributed by atoms with Gasteiger partial charge in [-0.25, -0.2) is 9.97 Å². The van der Waals surface area contributed by atoms with Crippen LogP contribution in [0.2, 0.25) is 0 Å². The second-order valence-corrected chi connectivity index (χ2v) is 6.35. The van der Waals surface area contributed by atoms with Crippen molar-refractivity contribution >= 4 is 27.4 Å². The summed E-state index contributed by atoms with van der Waals surface area (Å²) >= 11 is 1.75. The number of piperidine rings is 1. The molecule has 1 saturated heterocycles. The lowest BCUT2D eigenvalue weighted by molar-refractivity contribution is 0.372. The van der Waals surface area contributed by atoms with Crippen LogP contribution < -0.4 is 10.6 Å². The van der Waals surface area contributed by atoms with Crippen molar-refractivity contribution < 1.29 is 0 Å². The highest BCUT2D eigenvalue weighted by Gasteiger charge is 2.27. The number of aromatic nitrogens is 2. The molecular weight excluding hydrogens is 256 g/mol. The number of anilines is 1. The van der Waals surface area contributed by atoms with E-state index in [-0.39, 0.29) is 0 Å². The minimum absolute atomic E-state index is 0.531. The molecule has 0 spiro atoms. The van der Waals surface area contributed by atoms with Crippen molar-refractivity contribution in [1.29, 1.82) is 0 Å². The van der Waals surface area contributed by atoms with Gasteiger partial charge in [0.05, 0.1) is 10.2 Å². The van der Waals surface area contributed by atoms with E-state index in [0.717, 1.165) is 24.4 Å². The molecule has 2 aromatic rings. The highest BCUT2D eigenvalue weighted by molar-refractivity contribution is 7.18. The fourth-order valence-electron chi connectivity index (χ4n) is 2.83. The minimum Gasteiger partial charge on any atom is -0.352 e. The van der Waals surface area contributed by atoms with E-state index < -0.39 is 0 Å². The molecule has 0 aliphatic carbocycles. The van der Waals surface area contributed by atoms with Crippen LogP contribution in [0.4, 0.5) is 5.82 Å². The predicted octanol–water partition coefficient (Wildman–Crippen LogP) is 2.56. The Labute approximate surface area is 117 Å². The molecule has 1 aliphatic rings. The molecule has 0 radical (unpaired) electrons. The van der Waals surface area contributed by atoms with Gasteiger partial charge in [-0.2, -0.15) is 0 Å². The Morgan fingerprint density at radius 2 is 2.26 bits per heavy atom. The third-order valence-electron chi connectivity index (χ3n) is 4.10. The third-order valence-corrected chi connectivity index (χ3v) is 5.18. The molecule has 0 bridgehead atoms. The molecular formula is C14H20N4S. The lowest BCUT2D eigenvalue weighted by atomic mass is 9.93. The standard InChI is InChI=1S/C14H20N4S/c1-9-7-19-13-12(9)16-8-17-14(13)18-6-11(5-15)4-3-10(18)2/h7-8,10-11H,3-6,15H2,1-2H3. The van der Waals surface area contributed by atoms with Gasteiger partial charge in [0.2, 0.25) is 0 Å². The van der Waals surface area contributed by atoms with Gasteiger partial charge < -0.3 is 10.6 Å². The van der Waals surface area contributed by atoms with Gasteiger partial charge in [-0.3, -0.25) is 0 Å². The van der Waals surface area contributed by atoms with Crippen molar-refractivity contribution in [2.45, 2.75) is 32.7 Å². The molecule has 2 unspecified atom stereocenters. The van der Waals surface area contributed by atoms with Crippen LogP contribution in [0.3, 0.4) is 0 Å². The Balaban J connectivity index is 2.02. The quantitative estimate of drug-likeness (QED) is 0.916. The molecule has 2 aromatic heterocycles. The van der Waals surface area contributed by atoms with Crippen molar-refractivity contribution in [3.05, 3.63) is 17.3 Å². The van der Waals surface area contributed by atoms with Crippen LogP contribution in [0.1, 0.15) is 25.3 Å². The SMILES string of the molecule is Cc1csc2c(N3CC(CN)CCC3C)ncnc12. The molecule has 4 nitrogen and oxygen atoms in total. The van der Waals surface area contributed by atoms with Crippen LogP contribution >= 0.6 is 11.3 Å². The van der Waals surface area contributed by atoms with Crippen molar-refractivity contribution in [3.63, 3.8) is 0 Å². The molecule has 102 valence electrons. The zero-order chi connectivity index (χ0) is 13.4. The van der Waals surface area contributed by atoms with Crippen LogP contribution in [0, 0.1) is 12.8 Å². The van der Waals surface area contributed by atoms with E-state index in [9.17, 15) is 0 Å². The summed E-state index contributed by atoms with van der Waals surface area (Å²) in [5.74, 6) is 1.68. The van der Waals surface area contributed by atoms with E-state index in [1.54, 1.807) is 17.7 Å². The monoisotopic (exact) mass is 276 g/mol. The topological polar surface area (TPSA) is 55.0 Å². The first-order valence-corrected chi connectivity index (χ1v) is 7.74. The van der Waals surface area contributed by atoms with Crippen LogP contribution in [0.25, 0.3) is 10.2 Å². The van der Waals surface area contributed by atoms with Crippen LogP contribution in [-0.2, 0) is 0 Å². The van der Waals surface area contributed by atoms with Gasteiger partial charge in [0, 0.05) is 12.6 Å². The van der Waals surface area contributed by atoms with E-state index in [1.807, 2.05) is 0 Å². The average Bonchev–Trinajstić information content (AvgIpc) is 2.81. The molecule has 5 heteroatoms. The summed E-state index contributed by atoms with van der Waals surface area (Å²) in [4.78, 5) is 11.4. The molecule has 19 heavy (non-hydrogen) atoms. The summed E-state index contributed by atoms with van der Waals surface area (Å²) in [5, 5.41) is 2.16. The molecule has 3 rings (SSSR count). The van der Waals surface area contributed by atoms with Gasteiger partial charge in [0.15, 0.2) is 0 Å². The summed E-state index contributed by atoms with van der Waals surface area (Å²) in [5.41, 5.74) is 8.18. The van der Waals surface area contributed by atoms with Crippen molar-refractivity contribution in [1.82, 2.24) is 9.97 Å². The number of rotatable bonds is 2. The zero-order valence-electron chi connectivity index (χ0n) is 11.5. The van der Waals surface area contributed by atoms with Crippen LogP contribution in [-0.4, -0.2) is 29.1 Å². The number of fused-ring (bicyclic) bond motifs is 1. The number of thiophene rings is 1. The summed E-state index contributed by atoms with van der Waals surface area (Å²) < 4.78 is 1.21. The second-order valence-electron chi connectivity index (χ2n) is 5.47. The third kappa shape index (κ3) is 2.21. The van der Waals surface area contributed by atoms with Gasteiger partial charge in [-0.15, -0.1) is 11.3 Å². The summed E-state index contributed by atoms with van der Waals surface area (Å²) in [6.07, 6.45) is 4.11. The Hall–Kier alpha value is -1.20. The fraction of sp³-hybridized carbons (Fsp3) is 0.571. The Morgan fingerprint density at radius 3 is 3.05 bits per heavy atom. The first-order valence-electron chi connectivity index (χ1n) is 6.86. The first-order chi connectivity index (χ1) is 9.20. The largest absolute Gasteiger partial charge is 0.352 e. The average molecular weight is 276 g/mol. The lowest BCUT2D eigenvalue weighted by Gasteiger charge is -2.38. The molecule has 2 N–H and O–H groups in total. The van der Waals surface area contributed by atoms with Gasteiger partial charge in [0.25, 0.3) is 0 Å². The van der Waals surface area contributed by atoms with Gasteiger partial charge in [-0.05, 0) is 50.1 Å². The highest BCUT2D eigenvalue weighted by Crippen LogP contribution is 2.34. The lowest BCUT2D eigenvalue weighted by Crippen LogP contribution is -2.44. The fourth-order valence-corrected chi connectivity index (χ4v) is 3.84. The van der Waals surface area contributed by atoms with Crippen molar-refractivity contribution in [2.75, 3.05) is 18.0 Å². The Morgan fingerprint density at radius 1 is 1.42 bits per heavy atom. The smallest absolute Gasteiger partial charge is 0.150 e. The Kier molecular flexibility index (Phi) is 3.41. The normalized spacial score (nSPS) is 24.1. The highest BCUT2D eigenvalue weighted by atomic mass is 32.1. The van der Waals surface area contributed by atoms with E-state index >= 15 is 0 Å². The predicted molar refractivity (Wildman–Crippen MR) is 80.7 cm³/mol. The van der Waals surface area contributed by atoms with Crippen LogP contribution in [0.15, 0.2) is 11.7 Å². The Bertz CT molecular complexity index is 580. The van der Waals surface area contributed by atoms with E-state index in [0.29, 0.717) is 12.0 Å². The van der Waals surface area contributed by atoms with Crippen LogP contribution in [0.5, 0.6) is 0 Å².